The molecular weight excluding hydrogens is 286 g/mol. The smallest absolute Gasteiger partial charge is 0.259 e. The van der Waals surface area contributed by atoms with Crippen LogP contribution in [0.3, 0.4) is 0 Å². The van der Waals surface area contributed by atoms with Gasteiger partial charge in [0.1, 0.15) is 0 Å². The summed E-state index contributed by atoms with van der Waals surface area (Å²) in [6.45, 7) is 3.65. The van der Waals surface area contributed by atoms with Crippen LogP contribution in [0.15, 0.2) is 84.9 Å². The van der Waals surface area contributed by atoms with Crippen LogP contribution in [0, 0.1) is 0 Å². The third-order valence-corrected chi connectivity index (χ3v) is 3.59. The fraction of sp³-hybridized carbons (Fsp3) is 0. The number of para-hydroxylation sites is 1. The van der Waals surface area contributed by atoms with Gasteiger partial charge in [0.25, 0.3) is 5.91 Å². The Balaban J connectivity index is 1.80. The Hall–Kier alpha value is -3.20. The van der Waals surface area contributed by atoms with E-state index in [1.807, 2.05) is 48.5 Å². The molecule has 0 saturated heterocycles. The fourth-order valence-corrected chi connectivity index (χ4v) is 2.34. The highest BCUT2D eigenvalue weighted by atomic mass is 16.2. The van der Waals surface area contributed by atoms with Crippen LogP contribution in [0.4, 0.5) is 5.69 Å². The van der Waals surface area contributed by atoms with Gasteiger partial charge in [-0.1, -0.05) is 61.2 Å². The molecule has 0 bridgehead atoms. The second-order valence-electron chi connectivity index (χ2n) is 5.19. The van der Waals surface area contributed by atoms with Crippen molar-refractivity contribution in [3.05, 3.63) is 90.5 Å². The van der Waals surface area contributed by atoms with E-state index < -0.39 is 5.91 Å². The van der Waals surface area contributed by atoms with Crippen LogP contribution in [-0.4, -0.2) is 11.7 Å². The predicted molar refractivity (Wildman–Crippen MR) is 92.5 cm³/mol. The molecule has 0 atom stereocenters. The molecule has 1 N–H and O–H groups in total. The number of carbonyl (C=O) groups is 2. The van der Waals surface area contributed by atoms with Crippen LogP contribution in [-0.2, 0) is 4.79 Å². The number of carbonyl (C=O) groups excluding carboxylic acids is 2. The number of fused-ring (bicyclic) bond motifs is 1. The number of hydrogen-bond acceptors (Lipinski definition) is 2. The Labute approximate surface area is 134 Å². The number of hydrogen-bond donors (Lipinski definition) is 1. The van der Waals surface area contributed by atoms with Crippen molar-refractivity contribution in [1.82, 2.24) is 0 Å². The highest BCUT2D eigenvalue weighted by molar-refractivity contribution is 6.28. The lowest BCUT2D eigenvalue weighted by Crippen LogP contribution is -2.19. The van der Waals surface area contributed by atoms with Crippen molar-refractivity contribution in [3.8, 4) is 0 Å². The van der Waals surface area contributed by atoms with Crippen molar-refractivity contribution >= 4 is 28.2 Å². The highest BCUT2D eigenvalue weighted by Gasteiger charge is 2.17. The molecule has 0 aliphatic rings. The molecular formula is C20H15NO2. The van der Waals surface area contributed by atoms with Gasteiger partial charge in [-0.15, -0.1) is 0 Å². The second-order valence-corrected chi connectivity index (χ2v) is 5.19. The maximum absolute atomic E-state index is 12.5. The van der Waals surface area contributed by atoms with Crippen molar-refractivity contribution in [1.29, 1.82) is 0 Å². The molecule has 3 rings (SSSR count). The summed E-state index contributed by atoms with van der Waals surface area (Å²) in [6.07, 6.45) is 0. The number of Topliss-reactive ketones (excluding diaryl/α,β-unsaturated/α-hetero) is 1. The van der Waals surface area contributed by atoms with E-state index in [1.54, 1.807) is 24.3 Å². The summed E-state index contributed by atoms with van der Waals surface area (Å²) in [5, 5.41) is 4.67. The predicted octanol–water partition coefficient (Wildman–Crippen LogP) is 4.22. The molecule has 23 heavy (non-hydrogen) atoms. The van der Waals surface area contributed by atoms with Gasteiger partial charge in [-0.25, -0.2) is 0 Å². The van der Waals surface area contributed by atoms with E-state index in [1.165, 1.54) is 0 Å². The molecule has 3 heteroatoms. The van der Waals surface area contributed by atoms with Gasteiger partial charge in [-0.2, -0.15) is 0 Å². The summed E-state index contributed by atoms with van der Waals surface area (Å²) < 4.78 is 0. The fourth-order valence-electron chi connectivity index (χ4n) is 2.34. The first-order valence-corrected chi connectivity index (χ1v) is 7.24. The van der Waals surface area contributed by atoms with Crippen molar-refractivity contribution in [2.24, 2.45) is 0 Å². The standard InChI is InChI=1S/C20H15NO2/c1-14(20(23)21-18-9-3-2-4-10-18)19(22)17-12-11-15-7-5-6-8-16(15)13-17/h2-13H,1H2,(H,21,23). The number of amides is 1. The zero-order valence-corrected chi connectivity index (χ0v) is 12.5. The summed E-state index contributed by atoms with van der Waals surface area (Å²) in [6, 6.07) is 22.1. The normalized spacial score (nSPS) is 10.3. The first kappa shape index (κ1) is 14.7. The van der Waals surface area contributed by atoms with Gasteiger partial charge in [0.15, 0.2) is 5.78 Å². The molecule has 0 saturated carbocycles. The van der Waals surface area contributed by atoms with Crippen LogP contribution in [0.25, 0.3) is 10.8 Å². The number of nitrogens with one attached hydrogen (secondary N) is 1. The van der Waals surface area contributed by atoms with Crippen molar-refractivity contribution in [2.45, 2.75) is 0 Å². The molecule has 0 unspecified atom stereocenters. The Kier molecular flexibility index (Phi) is 4.02. The van der Waals surface area contributed by atoms with Crippen molar-refractivity contribution in [2.75, 3.05) is 5.32 Å². The van der Waals surface area contributed by atoms with E-state index in [2.05, 4.69) is 11.9 Å². The largest absolute Gasteiger partial charge is 0.322 e. The monoisotopic (exact) mass is 301 g/mol. The molecule has 0 aromatic heterocycles. The Morgan fingerprint density at radius 2 is 1.43 bits per heavy atom. The average molecular weight is 301 g/mol. The third kappa shape index (κ3) is 3.19. The average Bonchev–Trinajstić information content (AvgIpc) is 2.61. The Bertz CT molecular complexity index is 898. The van der Waals surface area contributed by atoms with Crippen LogP contribution in [0.1, 0.15) is 10.4 Å². The first-order chi connectivity index (χ1) is 11.1. The molecule has 1 amide bonds. The lowest BCUT2D eigenvalue weighted by Gasteiger charge is -2.08. The maximum Gasteiger partial charge on any atom is 0.259 e. The maximum atomic E-state index is 12.5. The van der Waals surface area contributed by atoms with Gasteiger partial charge in [0, 0.05) is 11.3 Å². The summed E-state index contributed by atoms with van der Waals surface area (Å²) in [4.78, 5) is 24.6. The molecule has 3 aromatic carbocycles. The molecule has 0 spiro atoms. The van der Waals surface area contributed by atoms with E-state index >= 15 is 0 Å². The van der Waals surface area contributed by atoms with Gasteiger partial charge in [0.2, 0.25) is 0 Å². The molecule has 3 nitrogen and oxygen atoms in total. The highest BCUT2D eigenvalue weighted by Crippen LogP contribution is 2.18. The number of anilines is 1. The topological polar surface area (TPSA) is 46.2 Å². The van der Waals surface area contributed by atoms with E-state index in [4.69, 9.17) is 0 Å². The minimum Gasteiger partial charge on any atom is -0.322 e. The van der Waals surface area contributed by atoms with Gasteiger partial charge in [-0.05, 0) is 29.0 Å². The lowest BCUT2D eigenvalue weighted by atomic mass is 10.0. The van der Waals surface area contributed by atoms with Crippen LogP contribution in [0.2, 0.25) is 0 Å². The molecule has 0 fully saturated rings. The van der Waals surface area contributed by atoms with Gasteiger partial charge in [0.05, 0.1) is 5.57 Å². The minimum absolute atomic E-state index is 0.0795. The van der Waals surface area contributed by atoms with Crippen LogP contribution < -0.4 is 5.32 Å². The summed E-state index contributed by atoms with van der Waals surface area (Å²) in [5.74, 6) is -0.862. The van der Waals surface area contributed by atoms with Crippen LogP contribution >= 0.6 is 0 Å². The van der Waals surface area contributed by atoms with E-state index in [0.29, 0.717) is 11.3 Å². The lowest BCUT2D eigenvalue weighted by molar-refractivity contribution is -0.112. The zero-order chi connectivity index (χ0) is 16.2. The quantitative estimate of drug-likeness (QED) is 0.339. The van der Waals surface area contributed by atoms with Gasteiger partial charge >= 0.3 is 0 Å². The molecule has 0 aliphatic carbocycles. The number of benzene rings is 3. The van der Waals surface area contributed by atoms with E-state index in [0.717, 1.165) is 10.8 Å². The van der Waals surface area contributed by atoms with Crippen molar-refractivity contribution < 1.29 is 9.59 Å². The molecule has 0 radical (unpaired) electrons. The number of rotatable bonds is 4. The summed E-state index contributed by atoms with van der Waals surface area (Å²) in [7, 11) is 0. The SMILES string of the molecule is C=C(C(=O)Nc1ccccc1)C(=O)c1ccc2ccccc2c1. The zero-order valence-electron chi connectivity index (χ0n) is 12.5. The van der Waals surface area contributed by atoms with Gasteiger partial charge in [-0.3, -0.25) is 9.59 Å². The van der Waals surface area contributed by atoms with E-state index in [-0.39, 0.29) is 11.4 Å². The Morgan fingerprint density at radius 1 is 0.783 bits per heavy atom. The Morgan fingerprint density at radius 3 is 2.17 bits per heavy atom. The molecule has 3 aromatic rings. The first-order valence-electron chi connectivity index (χ1n) is 7.24. The van der Waals surface area contributed by atoms with Crippen molar-refractivity contribution in [3.63, 3.8) is 0 Å². The number of ketones is 1. The minimum atomic E-state index is -0.491. The van der Waals surface area contributed by atoms with Gasteiger partial charge < -0.3 is 5.32 Å². The summed E-state index contributed by atoms with van der Waals surface area (Å²) in [5.41, 5.74) is 1.01. The molecule has 112 valence electrons. The van der Waals surface area contributed by atoms with E-state index in [9.17, 15) is 9.59 Å². The molecule has 0 aliphatic heterocycles. The summed E-state index contributed by atoms with van der Waals surface area (Å²) >= 11 is 0. The second kappa shape index (κ2) is 6.28. The van der Waals surface area contributed by atoms with Crippen LogP contribution in [0.5, 0.6) is 0 Å². The molecule has 0 heterocycles. The third-order valence-electron chi connectivity index (χ3n) is 3.59.